The standard InChI is InChI=1S/C21H27N3O2S/c1-18-4-10-21(11-5-18)27(25,26)24-16-14-23(15-17-24)20-8-6-19(7-9-20)22-12-2-3-13-22/h4-11H,2-3,12-17H2,1H3. The minimum Gasteiger partial charge on any atom is -0.372 e. The highest BCUT2D eigenvalue weighted by Crippen LogP contribution is 2.25. The first-order chi connectivity index (χ1) is 13.0. The first-order valence-electron chi connectivity index (χ1n) is 9.71. The van der Waals surface area contributed by atoms with E-state index < -0.39 is 10.0 Å². The molecule has 0 atom stereocenters. The quantitative estimate of drug-likeness (QED) is 0.811. The average Bonchev–Trinajstić information content (AvgIpc) is 3.23. The second kappa shape index (κ2) is 7.52. The van der Waals surface area contributed by atoms with E-state index in [4.69, 9.17) is 0 Å². The van der Waals surface area contributed by atoms with E-state index in [0.29, 0.717) is 31.1 Å². The van der Waals surface area contributed by atoms with Gasteiger partial charge < -0.3 is 9.80 Å². The highest BCUT2D eigenvalue weighted by molar-refractivity contribution is 7.89. The number of sulfonamides is 1. The van der Waals surface area contributed by atoms with Crippen LogP contribution in [-0.4, -0.2) is 52.0 Å². The lowest BCUT2D eigenvalue weighted by atomic mass is 10.2. The van der Waals surface area contributed by atoms with Crippen LogP contribution in [0.25, 0.3) is 0 Å². The summed E-state index contributed by atoms with van der Waals surface area (Å²) >= 11 is 0. The van der Waals surface area contributed by atoms with Gasteiger partial charge in [0, 0.05) is 50.6 Å². The molecule has 2 aliphatic heterocycles. The number of hydrogen-bond donors (Lipinski definition) is 0. The third-order valence-electron chi connectivity index (χ3n) is 5.58. The highest BCUT2D eigenvalue weighted by atomic mass is 32.2. The van der Waals surface area contributed by atoms with E-state index >= 15 is 0 Å². The van der Waals surface area contributed by atoms with Gasteiger partial charge in [0.05, 0.1) is 4.90 Å². The van der Waals surface area contributed by atoms with Crippen molar-refractivity contribution in [3.63, 3.8) is 0 Å². The lowest BCUT2D eigenvalue weighted by Gasteiger charge is -2.35. The van der Waals surface area contributed by atoms with Gasteiger partial charge >= 0.3 is 0 Å². The molecule has 0 saturated carbocycles. The minimum atomic E-state index is -3.40. The second-order valence-electron chi connectivity index (χ2n) is 7.41. The van der Waals surface area contributed by atoms with Crippen LogP contribution in [-0.2, 0) is 10.0 Å². The first kappa shape index (κ1) is 18.3. The van der Waals surface area contributed by atoms with Crippen LogP contribution in [0.4, 0.5) is 11.4 Å². The monoisotopic (exact) mass is 385 g/mol. The van der Waals surface area contributed by atoms with Crippen molar-refractivity contribution in [1.29, 1.82) is 0 Å². The Morgan fingerprint density at radius 3 is 1.67 bits per heavy atom. The maximum Gasteiger partial charge on any atom is 0.243 e. The zero-order valence-corrected chi connectivity index (χ0v) is 16.7. The second-order valence-corrected chi connectivity index (χ2v) is 9.35. The van der Waals surface area contributed by atoms with Gasteiger partial charge in [0.25, 0.3) is 0 Å². The van der Waals surface area contributed by atoms with Crippen molar-refractivity contribution in [2.45, 2.75) is 24.7 Å². The summed E-state index contributed by atoms with van der Waals surface area (Å²) in [5.41, 5.74) is 3.53. The van der Waals surface area contributed by atoms with E-state index in [0.717, 1.165) is 18.7 Å². The van der Waals surface area contributed by atoms with Gasteiger partial charge in [0.1, 0.15) is 0 Å². The lowest BCUT2D eigenvalue weighted by Crippen LogP contribution is -2.48. The maximum atomic E-state index is 12.8. The number of hydrogen-bond acceptors (Lipinski definition) is 4. The van der Waals surface area contributed by atoms with Gasteiger partial charge in [-0.2, -0.15) is 4.31 Å². The van der Waals surface area contributed by atoms with E-state index in [-0.39, 0.29) is 0 Å². The Labute approximate surface area is 162 Å². The molecular weight excluding hydrogens is 358 g/mol. The van der Waals surface area contributed by atoms with Crippen molar-refractivity contribution in [2.75, 3.05) is 49.1 Å². The molecule has 0 amide bonds. The molecule has 0 unspecified atom stereocenters. The van der Waals surface area contributed by atoms with Crippen molar-refractivity contribution in [3.05, 3.63) is 54.1 Å². The Bertz CT molecular complexity index is 865. The molecule has 0 aliphatic carbocycles. The van der Waals surface area contributed by atoms with Gasteiger partial charge in [0.15, 0.2) is 0 Å². The summed E-state index contributed by atoms with van der Waals surface area (Å²) in [6, 6.07) is 15.8. The van der Waals surface area contributed by atoms with Gasteiger partial charge in [0.2, 0.25) is 10.0 Å². The third-order valence-corrected chi connectivity index (χ3v) is 7.50. The van der Waals surface area contributed by atoms with Crippen LogP contribution in [0.5, 0.6) is 0 Å². The molecule has 2 aromatic rings. The zero-order chi connectivity index (χ0) is 18.9. The molecule has 5 nitrogen and oxygen atoms in total. The molecular formula is C21H27N3O2S. The van der Waals surface area contributed by atoms with Crippen LogP contribution >= 0.6 is 0 Å². The van der Waals surface area contributed by atoms with E-state index in [2.05, 4.69) is 34.1 Å². The summed E-state index contributed by atoms with van der Waals surface area (Å²) in [6.45, 7) is 6.73. The Balaban J connectivity index is 1.40. The van der Waals surface area contributed by atoms with Crippen molar-refractivity contribution in [1.82, 2.24) is 4.31 Å². The molecule has 0 spiro atoms. The number of anilines is 2. The number of benzene rings is 2. The van der Waals surface area contributed by atoms with Crippen LogP contribution < -0.4 is 9.80 Å². The normalized spacial score (nSPS) is 18.9. The molecule has 2 heterocycles. The molecule has 0 N–H and O–H groups in total. The molecule has 2 aliphatic rings. The van der Waals surface area contributed by atoms with Crippen LogP contribution in [0.3, 0.4) is 0 Å². The Hall–Kier alpha value is -2.05. The van der Waals surface area contributed by atoms with Gasteiger partial charge in [-0.3, -0.25) is 0 Å². The number of piperazine rings is 1. The largest absolute Gasteiger partial charge is 0.372 e. The fourth-order valence-corrected chi connectivity index (χ4v) is 5.32. The zero-order valence-electron chi connectivity index (χ0n) is 15.8. The Morgan fingerprint density at radius 2 is 1.15 bits per heavy atom. The van der Waals surface area contributed by atoms with Gasteiger partial charge in [-0.05, 0) is 56.2 Å². The predicted molar refractivity (Wildman–Crippen MR) is 110 cm³/mol. The van der Waals surface area contributed by atoms with Crippen LogP contribution in [0.1, 0.15) is 18.4 Å². The fourth-order valence-electron chi connectivity index (χ4n) is 3.90. The van der Waals surface area contributed by atoms with Crippen LogP contribution in [0.15, 0.2) is 53.4 Å². The summed E-state index contributed by atoms with van der Waals surface area (Å²) in [5.74, 6) is 0. The predicted octanol–water partition coefficient (Wildman–Crippen LogP) is 3.11. The van der Waals surface area contributed by atoms with Crippen molar-refractivity contribution < 1.29 is 8.42 Å². The number of nitrogens with zero attached hydrogens (tertiary/aromatic N) is 3. The maximum absolute atomic E-state index is 12.8. The SMILES string of the molecule is Cc1ccc(S(=O)(=O)N2CCN(c3ccc(N4CCCC4)cc3)CC2)cc1. The molecule has 27 heavy (non-hydrogen) atoms. The summed E-state index contributed by atoms with van der Waals surface area (Å²) < 4.78 is 27.3. The highest BCUT2D eigenvalue weighted by Gasteiger charge is 2.28. The van der Waals surface area contributed by atoms with E-state index in [1.807, 2.05) is 19.1 Å². The van der Waals surface area contributed by atoms with Crippen LogP contribution in [0.2, 0.25) is 0 Å². The van der Waals surface area contributed by atoms with Gasteiger partial charge in [-0.15, -0.1) is 0 Å². The van der Waals surface area contributed by atoms with E-state index in [1.54, 1.807) is 16.4 Å². The average molecular weight is 386 g/mol. The summed E-state index contributed by atoms with van der Waals surface area (Å²) in [5, 5.41) is 0. The topological polar surface area (TPSA) is 43.9 Å². The molecule has 0 aromatic heterocycles. The molecule has 2 aromatic carbocycles. The van der Waals surface area contributed by atoms with E-state index in [1.165, 1.54) is 24.2 Å². The third kappa shape index (κ3) is 3.82. The van der Waals surface area contributed by atoms with Crippen molar-refractivity contribution in [2.24, 2.45) is 0 Å². The molecule has 0 bridgehead atoms. The molecule has 4 rings (SSSR count). The van der Waals surface area contributed by atoms with Gasteiger partial charge in [-0.1, -0.05) is 17.7 Å². The van der Waals surface area contributed by atoms with Crippen LogP contribution in [0, 0.1) is 6.92 Å². The molecule has 2 fully saturated rings. The Kier molecular flexibility index (Phi) is 5.10. The van der Waals surface area contributed by atoms with Crippen molar-refractivity contribution in [3.8, 4) is 0 Å². The molecule has 0 radical (unpaired) electrons. The van der Waals surface area contributed by atoms with E-state index in [9.17, 15) is 8.42 Å². The fraction of sp³-hybridized carbons (Fsp3) is 0.429. The molecule has 6 heteroatoms. The lowest BCUT2D eigenvalue weighted by molar-refractivity contribution is 0.385. The van der Waals surface area contributed by atoms with Crippen molar-refractivity contribution >= 4 is 21.4 Å². The summed E-state index contributed by atoms with van der Waals surface area (Å²) in [4.78, 5) is 5.08. The number of rotatable bonds is 4. The summed E-state index contributed by atoms with van der Waals surface area (Å²) in [6.07, 6.45) is 2.55. The van der Waals surface area contributed by atoms with Gasteiger partial charge in [-0.25, -0.2) is 8.42 Å². The molecule has 2 saturated heterocycles. The number of aryl methyl sites for hydroxylation is 1. The molecule has 144 valence electrons. The Morgan fingerprint density at radius 1 is 0.667 bits per heavy atom. The minimum absolute atomic E-state index is 0.386. The summed E-state index contributed by atoms with van der Waals surface area (Å²) in [7, 11) is -3.40. The first-order valence-corrected chi connectivity index (χ1v) is 11.1. The smallest absolute Gasteiger partial charge is 0.243 e.